The fraction of sp³-hybridized carbons (Fsp3) is 0.0833. The number of hydrogen-bond donors (Lipinski definition) is 1. The molecule has 0 saturated carbocycles. The summed E-state index contributed by atoms with van der Waals surface area (Å²) in [6.07, 6.45) is 2.82. The molecule has 2 rings (SSSR count). The van der Waals surface area contributed by atoms with Crippen LogP contribution in [-0.2, 0) is 0 Å². The average Bonchev–Trinajstić information content (AvgIpc) is 2.28. The van der Waals surface area contributed by atoms with Gasteiger partial charge in [0.2, 0.25) is 5.88 Å². The van der Waals surface area contributed by atoms with Gasteiger partial charge in [0.25, 0.3) is 0 Å². The first-order chi connectivity index (χ1) is 8.56. The second-order valence-corrected chi connectivity index (χ2v) is 3.95. The third kappa shape index (κ3) is 2.75. The van der Waals surface area contributed by atoms with E-state index in [1.807, 2.05) is 0 Å². The molecule has 0 unspecified atom stereocenters. The fourth-order valence-electron chi connectivity index (χ4n) is 1.44. The average molecular weight is 265 g/mol. The van der Waals surface area contributed by atoms with E-state index in [2.05, 4.69) is 9.97 Å². The van der Waals surface area contributed by atoms with Crippen LogP contribution in [0.5, 0.6) is 11.6 Å². The summed E-state index contributed by atoms with van der Waals surface area (Å²) in [6, 6.07) is 4.65. The predicted molar refractivity (Wildman–Crippen MR) is 65.3 cm³/mol. The van der Waals surface area contributed by atoms with Crippen LogP contribution >= 0.6 is 11.6 Å². The molecule has 1 aromatic carbocycles. The van der Waals surface area contributed by atoms with Crippen molar-refractivity contribution < 1.29 is 14.6 Å². The first-order valence-electron chi connectivity index (χ1n) is 5.05. The quantitative estimate of drug-likeness (QED) is 0.923. The van der Waals surface area contributed by atoms with Gasteiger partial charge < -0.3 is 9.84 Å². The van der Waals surface area contributed by atoms with E-state index in [1.54, 1.807) is 19.1 Å². The molecule has 0 atom stereocenters. The van der Waals surface area contributed by atoms with Gasteiger partial charge in [0.15, 0.2) is 5.15 Å². The van der Waals surface area contributed by atoms with E-state index in [0.717, 1.165) is 0 Å². The summed E-state index contributed by atoms with van der Waals surface area (Å²) in [6.45, 7) is 1.69. The first kappa shape index (κ1) is 12.3. The monoisotopic (exact) mass is 264 g/mol. The van der Waals surface area contributed by atoms with Crippen molar-refractivity contribution in [2.24, 2.45) is 0 Å². The Balaban J connectivity index is 2.25. The summed E-state index contributed by atoms with van der Waals surface area (Å²) in [5, 5.41) is 9.13. The number of nitrogens with zero attached hydrogens (tertiary/aromatic N) is 2. The van der Waals surface area contributed by atoms with Crippen LogP contribution in [0.15, 0.2) is 30.6 Å². The Labute approximate surface area is 108 Å². The summed E-state index contributed by atoms with van der Waals surface area (Å²) in [7, 11) is 0. The Kier molecular flexibility index (Phi) is 3.43. The number of rotatable bonds is 3. The maximum Gasteiger partial charge on any atom is 0.335 e. The maximum atomic E-state index is 10.9. The molecular formula is C12H9ClN2O3. The minimum absolute atomic E-state index is 0.228. The summed E-state index contributed by atoms with van der Waals surface area (Å²) in [5.41, 5.74) is 0.842. The number of carboxylic acid groups (broad SMARTS) is 1. The lowest BCUT2D eigenvalue weighted by molar-refractivity contribution is 0.0696. The summed E-state index contributed by atoms with van der Waals surface area (Å²) in [4.78, 5) is 18.6. The summed E-state index contributed by atoms with van der Waals surface area (Å²) >= 11 is 5.68. The highest BCUT2D eigenvalue weighted by Crippen LogP contribution is 2.22. The van der Waals surface area contributed by atoms with E-state index in [1.165, 1.54) is 18.5 Å². The minimum Gasteiger partial charge on any atom is -0.478 e. The van der Waals surface area contributed by atoms with Crippen LogP contribution in [0.25, 0.3) is 0 Å². The van der Waals surface area contributed by atoms with Gasteiger partial charge in [0.1, 0.15) is 5.75 Å². The molecule has 5 nitrogen and oxygen atoms in total. The lowest BCUT2D eigenvalue weighted by Crippen LogP contribution is -1.99. The molecule has 0 saturated heterocycles. The lowest BCUT2D eigenvalue weighted by Gasteiger charge is -2.06. The van der Waals surface area contributed by atoms with Crippen molar-refractivity contribution in [2.45, 2.75) is 6.92 Å². The van der Waals surface area contributed by atoms with Crippen molar-refractivity contribution in [1.29, 1.82) is 0 Å². The van der Waals surface area contributed by atoms with Crippen molar-refractivity contribution in [2.75, 3.05) is 0 Å². The minimum atomic E-state index is -0.971. The van der Waals surface area contributed by atoms with Crippen LogP contribution in [0.1, 0.15) is 15.9 Å². The smallest absolute Gasteiger partial charge is 0.335 e. The Morgan fingerprint density at radius 3 is 2.78 bits per heavy atom. The van der Waals surface area contributed by atoms with Crippen LogP contribution in [0, 0.1) is 6.92 Å². The molecular weight excluding hydrogens is 256 g/mol. The molecule has 0 aliphatic carbocycles. The third-order valence-corrected chi connectivity index (χ3v) is 2.42. The third-order valence-electron chi connectivity index (χ3n) is 2.23. The topological polar surface area (TPSA) is 72.3 Å². The molecule has 0 spiro atoms. The van der Waals surface area contributed by atoms with Crippen LogP contribution in [0.4, 0.5) is 0 Å². The first-order valence-corrected chi connectivity index (χ1v) is 5.43. The van der Waals surface area contributed by atoms with Crippen LogP contribution < -0.4 is 4.74 Å². The second kappa shape index (κ2) is 5.01. The zero-order chi connectivity index (χ0) is 13.1. The molecule has 0 radical (unpaired) electrons. The van der Waals surface area contributed by atoms with Crippen molar-refractivity contribution >= 4 is 17.6 Å². The van der Waals surface area contributed by atoms with Crippen molar-refractivity contribution in [1.82, 2.24) is 9.97 Å². The van der Waals surface area contributed by atoms with Gasteiger partial charge in [-0.1, -0.05) is 11.6 Å². The van der Waals surface area contributed by atoms with Crippen LogP contribution in [0.2, 0.25) is 5.15 Å². The molecule has 18 heavy (non-hydrogen) atoms. The van der Waals surface area contributed by atoms with Gasteiger partial charge in [-0.25, -0.2) is 4.79 Å². The molecule has 0 fully saturated rings. The number of carbonyl (C=O) groups is 1. The Morgan fingerprint density at radius 2 is 2.17 bits per heavy atom. The van der Waals surface area contributed by atoms with E-state index in [4.69, 9.17) is 21.4 Å². The van der Waals surface area contributed by atoms with E-state index in [-0.39, 0.29) is 16.6 Å². The molecule has 1 N–H and O–H groups in total. The van der Waals surface area contributed by atoms with E-state index >= 15 is 0 Å². The molecule has 0 aliphatic heterocycles. The zero-order valence-electron chi connectivity index (χ0n) is 9.42. The van der Waals surface area contributed by atoms with Gasteiger partial charge in [0.05, 0.1) is 18.0 Å². The number of halogens is 1. The molecule has 2 aromatic rings. The molecule has 92 valence electrons. The Morgan fingerprint density at radius 1 is 1.39 bits per heavy atom. The van der Waals surface area contributed by atoms with Crippen LogP contribution in [0.3, 0.4) is 0 Å². The highest BCUT2D eigenvalue weighted by atomic mass is 35.5. The summed E-state index contributed by atoms with van der Waals surface area (Å²) in [5.74, 6) is -0.236. The van der Waals surface area contributed by atoms with Crippen molar-refractivity contribution in [3.8, 4) is 11.6 Å². The SMILES string of the molecule is Cc1cc(Oc2cncc(Cl)n2)ccc1C(=O)O. The molecule has 0 amide bonds. The highest BCUT2D eigenvalue weighted by Gasteiger charge is 2.08. The number of hydrogen-bond acceptors (Lipinski definition) is 4. The van der Waals surface area contributed by atoms with Crippen LogP contribution in [-0.4, -0.2) is 21.0 Å². The van der Waals surface area contributed by atoms with Gasteiger partial charge in [-0.15, -0.1) is 0 Å². The molecule has 0 bridgehead atoms. The number of aryl methyl sites for hydroxylation is 1. The maximum absolute atomic E-state index is 10.9. The van der Waals surface area contributed by atoms with E-state index in [0.29, 0.717) is 11.3 Å². The molecule has 1 aromatic heterocycles. The van der Waals surface area contributed by atoms with Gasteiger partial charge in [-0.2, -0.15) is 4.98 Å². The fourth-order valence-corrected chi connectivity index (χ4v) is 1.57. The van der Waals surface area contributed by atoms with Crippen molar-refractivity contribution in [3.63, 3.8) is 0 Å². The molecule has 6 heteroatoms. The van der Waals surface area contributed by atoms with Gasteiger partial charge >= 0.3 is 5.97 Å². The summed E-state index contributed by atoms with van der Waals surface area (Å²) < 4.78 is 5.42. The van der Waals surface area contributed by atoms with Gasteiger partial charge in [0, 0.05) is 0 Å². The number of aromatic nitrogens is 2. The highest BCUT2D eigenvalue weighted by molar-refractivity contribution is 6.29. The normalized spacial score (nSPS) is 10.1. The standard InChI is InChI=1S/C12H9ClN2O3/c1-7-4-8(2-3-9(7)12(16)17)18-11-6-14-5-10(13)15-11/h2-6H,1H3,(H,16,17). The number of ether oxygens (including phenoxy) is 1. The lowest BCUT2D eigenvalue weighted by atomic mass is 10.1. The van der Waals surface area contributed by atoms with Gasteiger partial charge in [-0.05, 0) is 30.7 Å². The van der Waals surface area contributed by atoms with E-state index in [9.17, 15) is 4.79 Å². The van der Waals surface area contributed by atoms with Gasteiger partial charge in [-0.3, -0.25) is 4.98 Å². The molecule has 0 aliphatic rings. The number of carboxylic acids is 1. The Hall–Kier alpha value is -2.14. The van der Waals surface area contributed by atoms with E-state index < -0.39 is 5.97 Å². The number of benzene rings is 1. The zero-order valence-corrected chi connectivity index (χ0v) is 10.2. The largest absolute Gasteiger partial charge is 0.478 e. The predicted octanol–water partition coefficient (Wildman–Crippen LogP) is 2.93. The molecule has 1 heterocycles. The van der Waals surface area contributed by atoms with Crippen molar-refractivity contribution in [3.05, 3.63) is 46.9 Å². The Bertz CT molecular complexity index is 602. The number of aromatic carboxylic acids is 1. The second-order valence-electron chi connectivity index (χ2n) is 3.56.